The summed E-state index contributed by atoms with van der Waals surface area (Å²) in [5, 5.41) is 0. The standard InChI is InChI=1S/C21H18N2O5S/c1-26-17-5-7-18(8-6-17)29(24,25)23-20-16(3-2-15-10-12-22-13-11-15)4-9-19-21(20)28-14-27-19/h2-13,23H,14H2,1H3/b3-2+. The molecule has 1 aliphatic heterocycles. The number of methoxy groups -OCH3 is 1. The van der Waals surface area contributed by atoms with Gasteiger partial charge in [-0.25, -0.2) is 8.42 Å². The van der Waals surface area contributed by atoms with Gasteiger partial charge in [-0.3, -0.25) is 9.71 Å². The molecule has 1 aromatic heterocycles. The number of benzene rings is 2. The maximum Gasteiger partial charge on any atom is 0.262 e. The second kappa shape index (κ2) is 7.84. The number of nitrogens with one attached hydrogen (secondary N) is 1. The fraction of sp³-hybridized carbons (Fsp3) is 0.0952. The molecule has 7 nitrogen and oxygen atoms in total. The number of rotatable bonds is 6. The van der Waals surface area contributed by atoms with Crippen molar-refractivity contribution in [1.82, 2.24) is 4.98 Å². The van der Waals surface area contributed by atoms with Gasteiger partial charge in [0, 0.05) is 18.0 Å². The molecule has 0 fully saturated rings. The van der Waals surface area contributed by atoms with Gasteiger partial charge in [-0.15, -0.1) is 0 Å². The van der Waals surface area contributed by atoms with Crippen LogP contribution in [0, 0.1) is 0 Å². The summed E-state index contributed by atoms with van der Waals surface area (Å²) in [5.41, 5.74) is 1.89. The van der Waals surface area contributed by atoms with Crippen LogP contribution in [0.5, 0.6) is 17.2 Å². The Morgan fingerprint density at radius 3 is 2.48 bits per heavy atom. The number of ether oxygens (including phenoxy) is 3. The van der Waals surface area contributed by atoms with Crippen molar-refractivity contribution in [2.24, 2.45) is 0 Å². The summed E-state index contributed by atoms with van der Waals surface area (Å²) < 4.78 is 44.6. The molecule has 4 rings (SSSR count). The van der Waals surface area contributed by atoms with E-state index in [4.69, 9.17) is 14.2 Å². The first-order valence-corrected chi connectivity index (χ1v) is 10.2. The average Bonchev–Trinajstić information content (AvgIpc) is 3.23. The third kappa shape index (κ3) is 4.02. The number of nitrogens with zero attached hydrogens (tertiary/aromatic N) is 1. The molecule has 29 heavy (non-hydrogen) atoms. The van der Waals surface area contributed by atoms with Crippen molar-refractivity contribution in [3.63, 3.8) is 0 Å². The first-order chi connectivity index (χ1) is 14.1. The molecule has 0 saturated heterocycles. The highest BCUT2D eigenvalue weighted by Crippen LogP contribution is 2.43. The summed E-state index contributed by atoms with van der Waals surface area (Å²) in [6.45, 7) is 0.0319. The van der Waals surface area contributed by atoms with Gasteiger partial charge >= 0.3 is 0 Å². The molecule has 1 N–H and O–H groups in total. The Labute approximate surface area is 168 Å². The van der Waals surface area contributed by atoms with Gasteiger partial charge in [0.25, 0.3) is 10.0 Å². The summed E-state index contributed by atoms with van der Waals surface area (Å²) in [5.74, 6) is 1.42. The summed E-state index contributed by atoms with van der Waals surface area (Å²) in [7, 11) is -2.33. The van der Waals surface area contributed by atoms with Crippen LogP contribution in [0.2, 0.25) is 0 Å². The molecule has 0 aliphatic carbocycles. The van der Waals surface area contributed by atoms with Gasteiger partial charge in [0.05, 0.1) is 12.0 Å². The van der Waals surface area contributed by atoms with E-state index in [1.807, 2.05) is 24.3 Å². The molecule has 0 radical (unpaired) electrons. The lowest BCUT2D eigenvalue weighted by atomic mass is 10.1. The van der Waals surface area contributed by atoms with E-state index in [0.717, 1.165) is 5.56 Å². The fourth-order valence-electron chi connectivity index (χ4n) is 2.84. The normalized spacial score (nSPS) is 12.9. The van der Waals surface area contributed by atoms with Gasteiger partial charge in [-0.1, -0.05) is 12.2 Å². The van der Waals surface area contributed by atoms with Crippen LogP contribution in [0.25, 0.3) is 12.2 Å². The quantitative estimate of drug-likeness (QED) is 0.665. The van der Waals surface area contributed by atoms with Crippen LogP contribution in [0.1, 0.15) is 11.1 Å². The maximum absolute atomic E-state index is 12.9. The molecular weight excluding hydrogens is 392 g/mol. The Morgan fingerprint density at radius 2 is 1.76 bits per heavy atom. The molecule has 0 unspecified atom stereocenters. The number of hydrogen-bond donors (Lipinski definition) is 1. The lowest BCUT2D eigenvalue weighted by molar-refractivity contribution is 0.174. The number of pyridine rings is 1. The number of sulfonamides is 1. The van der Waals surface area contributed by atoms with Gasteiger partial charge in [0.15, 0.2) is 11.5 Å². The van der Waals surface area contributed by atoms with Crippen LogP contribution in [0.15, 0.2) is 65.8 Å². The van der Waals surface area contributed by atoms with Crippen LogP contribution in [0.3, 0.4) is 0 Å². The minimum atomic E-state index is -3.85. The van der Waals surface area contributed by atoms with E-state index >= 15 is 0 Å². The first kappa shape index (κ1) is 18.8. The van der Waals surface area contributed by atoms with Crippen molar-refractivity contribution in [3.05, 3.63) is 72.1 Å². The number of anilines is 1. The van der Waals surface area contributed by atoms with Gasteiger partial charge in [0.2, 0.25) is 6.79 Å². The second-order valence-electron chi connectivity index (χ2n) is 6.16. The molecule has 8 heteroatoms. The van der Waals surface area contributed by atoms with Crippen molar-refractivity contribution in [3.8, 4) is 17.2 Å². The Bertz CT molecular complexity index is 1140. The Morgan fingerprint density at radius 1 is 1.00 bits per heavy atom. The van der Waals surface area contributed by atoms with Crippen molar-refractivity contribution in [2.75, 3.05) is 18.6 Å². The lowest BCUT2D eigenvalue weighted by Crippen LogP contribution is -2.14. The third-order valence-corrected chi connectivity index (χ3v) is 5.70. The van der Waals surface area contributed by atoms with E-state index in [9.17, 15) is 8.42 Å². The fourth-order valence-corrected chi connectivity index (χ4v) is 3.93. The van der Waals surface area contributed by atoms with E-state index < -0.39 is 10.0 Å². The highest BCUT2D eigenvalue weighted by molar-refractivity contribution is 7.92. The highest BCUT2D eigenvalue weighted by atomic mass is 32.2. The van der Waals surface area contributed by atoms with E-state index in [2.05, 4.69) is 9.71 Å². The summed E-state index contributed by atoms with van der Waals surface area (Å²) in [6.07, 6.45) is 7.05. The number of aromatic nitrogens is 1. The van der Waals surface area contributed by atoms with Crippen LogP contribution < -0.4 is 18.9 Å². The largest absolute Gasteiger partial charge is 0.497 e. The molecule has 148 valence electrons. The van der Waals surface area contributed by atoms with Crippen molar-refractivity contribution >= 4 is 27.9 Å². The molecule has 0 spiro atoms. The number of hydrogen-bond acceptors (Lipinski definition) is 6. The molecule has 3 aromatic rings. The first-order valence-electron chi connectivity index (χ1n) is 8.74. The lowest BCUT2D eigenvalue weighted by Gasteiger charge is -2.13. The molecule has 2 aromatic carbocycles. The predicted octanol–water partition coefficient (Wildman–Crippen LogP) is 3.79. The topological polar surface area (TPSA) is 86.8 Å². The molecule has 0 bridgehead atoms. The van der Waals surface area contributed by atoms with Crippen LogP contribution in [0.4, 0.5) is 5.69 Å². The zero-order valence-electron chi connectivity index (χ0n) is 15.5. The average molecular weight is 410 g/mol. The van der Waals surface area contributed by atoms with E-state index in [-0.39, 0.29) is 11.7 Å². The molecule has 0 amide bonds. The SMILES string of the molecule is COc1ccc(S(=O)(=O)Nc2c(/C=C/c3ccncc3)ccc3c2OCO3)cc1. The van der Waals surface area contributed by atoms with E-state index in [1.165, 1.54) is 19.2 Å². The smallest absolute Gasteiger partial charge is 0.262 e. The minimum Gasteiger partial charge on any atom is -0.497 e. The molecule has 0 atom stereocenters. The Kier molecular flexibility index (Phi) is 5.09. The molecule has 1 aliphatic rings. The highest BCUT2D eigenvalue weighted by Gasteiger charge is 2.24. The van der Waals surface area contributed by atoms with Crippen molar-refractivity contribution in [1.29, 1.82) is 0 Å². The Balaban J connectivity index is 1.71. The molecule has 0 saturated carbocycles. The van der Waals surface area contributed by atoms with Crippen LogP contribution >= 0.6 is 0 Å². The van der Waals surface area contributed by atoms with Crippen LogP contribution in [-0.2, 0) is 10.0 Å². The third-order valence-electron chi connectivity index (χ3n) is 4.34. The van der Waals surface area contributed by atoms with Gasteiger partial charge in [-0.05, 0) is 54.1 Å². The summed E-state index contributed by atoms with van der Waals surface area (Å²) in [4.78, 5) is 4.10. The van der Waals surface area contributed by atoms with Crippen molar-refractivity contribution < 1.29 is 22.6 Å². The summed E-state index contributed by atoms with van der Waals surface area (Å²) >= 11 is 0. The zero-order valence-corrected chi connectivity index (χ0v) is 16.3. The second-order valence-corrected chi connectivity index (χ2v) is 7.84. The van der Waals surface area contributed by atoms with Crippen LogP contribution in [-0.4, -0.2) is 27.3 Å². The van der Waals surface area contributed by atoms with Gasteiger partial charge < -0.3 is 14.2 Å². The van der Waals surface area contributed by atoms with Gasteiger partial charge in [0.1, 0.15) is 11.4 Å². The monoisotopic (exact) mass is 410 g/mol. The zero-order chi connectivity index (χ0) is 20.3. The molecular formula is C21H18N2O5S. The van der Waals surface area contributed by atoms with E-state index in [1.54, 1.807) is 36.7 Å². The molecule has 2 heterocycles. The number of fused-ring (bicyclic) bond motifs is 1. The maximum atomic E-state index is 12.9. The predicted molar refractivity (Wildman–Crippen MR) is 110 cm³/mol. The van der Waals surface area contributed by atoms with Crippen molar-refractivity contribution in [2.45, 2.75) is 4.90 Å². The summed E-state index contributed by atoms with van der Waals surface area (Å²) in [6, 6.07) is 13.4. The van der Waals surface area contributed by atoms with Gasteiger partial charge in [-0.2, -0.15) is 0 Å². The Hall–Kier alpha value is -3.52. The van der Waals surface area contributed by atoms with E-state index in [0.29, 0.717) is 28.5 Å². The minimum absolute atomic E-state index is 0.0319.